The molecule has 0 N–H and O–H groups in total. The lowest BCUT2D eigenvalue weighted by molar-refractivity contribution is -0.139. The molecule has 0 amide bonds. The van der Waals surface area contributed by atoms with Gasteiger partial charge < -0.3 is 4.29 Å². The zero-order chi connectivity index (χ0) is 11.5. The average Bonchev–Trinajstić information content (AvgIpc) is 2.75. The van der Waals surface area contributed by atoms with Gasteiger partial charge in [0.25, 0.3) is 0 Å². The number of carbonyl (C=O) groups is 1. The largest absolute Gasteiger partial charge is 0.347 e. The molecule has 84 valence electrons. The first-order chi connectivity index (χ1) is 7.70. The van der Waals surface area contributed by atoms with Gasteiger partial charge in [-0.2, -0.15) is 4.37 Å². The Bertz CT molecular complexity index is 379. The van der Waals surface area contributed by atoms with Gasteiger partial charge in [-0.3, -0.25) is 4.79 Å². The van der Waals surface area contributed by atoms with Gasteiger partial charge in [-0.15, -0.1) is 0 Å². The minimum atomic E-state index is -0.322. The van der Waals surface area contributed by atoms with Crippen molar-refractivity contribution in [2.75, 3.05) is 0 Å². The highest BCUT2D eigenvalue weighted by Gasteiger charge is 2.29. The molecule has 2 rings (SSSR count). The van der Waals surface area contributed by atoms with Crippen LogP contribution in [0, 0.1) is 5.92 Å². The van der Waals surface area contributed by atoms with E-state index in [-0.39, 0.29) is 11.9 Å². The zero-order valence-electron chi connectivity index (χ0n) is 8.56. The molecule has 4 nitrogen and oxygen atoms in total. The maximum atomic E-state index is 11.2. The summed E-state index contributed by atoms with van der Waals surface area (Å²) in [6, 6.07) is 0. The first-order valence-electron chi connectivity index (χ1n) is 5.12. The second-order valence-corrected chi connectivity index (χ2v) is 4.87. The third-order valence-corrected chi connectivity index (χ3v) is 3.99. The Labute approximate surface area is 104 Å². The molecule has 0 aromatic carbocycles. The van der Waals surface area contributed by atoms with Crippen molar-refractivity contribution in [2.45, 2.75) is 31.6 Å². The van der Waals surface area contributed by atoms with Crippen molar-refractivity contribution in [3.63, 3.8) is 0 Å². The number of hydrogen-bond donors (Lipinski definition) is 0. The lowest BCUT2D eigenvalue weighted by Gasteiger charge is -2.24. The Kier molecular flexibility index (Phi) is 3.81. The van der Waals surface area contributed by atoms with Crippen LogP contribution in [0.4, 0.5) is 0 Å². The fourth-order valence-corrected chi connectivity index (χ4v) is 2.93. The van der Waals surface area contributed by atoms with E-state index in [1.165, 1.54) is 11.5 Å². The van der Waals surface area contributed by atoms with Gasteiger partial charge in [-0.1, -0.05) is 0 Å². The molecule has 1 heterocycles. The molecule has 1 aliphatic rings. The fourth-order valence-electron chi connectivity index (χ4n) is 2.05. The van der Waals surface area contributed by atoms with E-state index in [9.17, 15) is 4.79 Å². The average molecular weight is 257 g/mol. The Morgan fingerprint density at radius 2 is 2.12 bits per heavy atom. The van der Waals surface area contributed by atoms with Crippen molar-refractivity contribution in [2.24, 2.45) is 5.92 Å². The van der Waals surface area contributed by atoms with Gasteiger partial charge in [0.1, 0.15) is 16.9 Å². The van der Waals surface area contributed by atoms with Crippen LogP contribution in [0.2, 0.25) is 0 Å². The lowest BCUT2D eigenvalue weighted by Crippen LogP contribution is -2.21. The molecular formula is C9H10BClN2O2S. The fraction of sp³-hybridized carbons (Fsp3) is 0.667. The third kappa shape index (κ3) is 2.55. The number of carbonyl (C=O) groups excluding carboxylic acids is 1. The molecule has 0 saturated heterocycles. The summed E-state index contributed by atoms with van der Waals surface area (Å²) < 4.78 is 8.18. The van der Waals surface area contributed by atoms with Gasteiger partial charge in [0.2, 0.25) is 0 Å². The van der Waals surface area contributed by atoms with E-state index in [2.05, 4.69) is 13.6 Å². The van der Waals surface area contributed by atoms with Gasteiger partial charge in [0.15, 0.2) is 7.85 Å². The highest BCUT2D eigenvalue weighted by molar-refractivity contribution is 7.06. The van der Waals surface area contributed by atoms with Crippen molar-refractivity contribution in [1.29, 1.82) is 0 Å². The smallest absolute Gasteiger partial charge is 0.327 e. The van der Waals surface area contributed by atoms with Crippen LogP contribution >= 0.6 is 23.4 Å². The standard InChI is InChI=1S/C9H10BClN2O2S/c10-9-12-7(16-13-9)5-1-3-6(4-2-5)8(14)15-11/h5-6H,1-4H2. The summed E-state index contributed by atoms with van der Waals surface area (Å²) in [6.07, 6.45) is 3.39. The van der Waals surface area contributed by atoms with Crippen LogP contribution in [0.3, 0.4) is 0 Å². The SMILES string of the molecule is [B]c1nsc(C2CCC(C(=O)OCl)CC2)n1. The lowest BCUT2D eigenvalue weighted by atomic mass is 9.82. The van der Waals surface area contributed by atoms with Crippen molar-refractivity contribution >= 4 is 42.9 Å². The van der Waals surface area contributed by atoms with Crippen LogP contribution < -0.4 is 5.72 Å². The van der Waals surface area contributed by atoms with Crippen LogP contribution in [-0.4, -0.2) is 23.2 Å². The van der Waals surface area contributed by atoms with Crippen molar-refractivity contribution in [3.8, 4) is 0 Å². The summed E-state index contributed by atoms with van der Waals surface area (Å²) in [7, 11) is 5.48. The Morgan fingerprint density at radius 3 is 2.62 bits per heavy atom. The van der Waals surface area contributed by atoms with Gasteiger partial charge >= 0.3 is 5.97 Å². The number of nitrogens with zero attached hydrogens (tertiary/aromatic N) is 2. The predicted molar refractivity (Wildman–Crippen MR) is 61.9 cm³/mol. The molecule has 1 aromatic heterocycles. The van der Waals surface area contributed by atoms with E-state index in [4.69, 9.17) is 19.7 Å². The quantitative estimate of drug-likeness (QED) is 0.749. The molecular weight excluding hydrogens is 246 g/mol. The van der Waals surface area contributed by atoms with Gasteiger partial charge in [-0.25, -0.2) is 4.98 Å². The molecule has 0 bridgehead atoms. The molecule has 0 unspecified atom stereocenters. The molecule has 0 atom stereocenters. The van der Waals surface area contributed by atoms with Crippen LogP contribution in [-0.2, 0) is 9.08 Å². The summed E-state index contributed by atoms with van der Waals surface area (Å²) in [5, 5.41) is 0.968. The summed E-state index contributed by atoms with van der Waals surface area (Å²) in [6.45, 7) is 0. The van der Waals surface area contributed by atoms with Crippen LogP contribution in [0.5, 0.6) is 0 Å². The number of rotatable bonds is 2. The molecule has 16 heavy (non-hydrogen) atoms. The van der Waals surface area contributed by atoms with E-state index in [1.807, 2.05) is 0 Å². The first-order valence-corrected chi connectivity index (χ1v) is 6.20. The number of aromatic nitrogens is 2. The highest BCUT2D eigenvalue weighted by Crippen LogP contribution is 2.36. The maximum Gasteiger partial charge on any atom is 0.327 e. The maximum absolute atomic E-state index is 11.2. The molecule has 1 aliphatic carbocycles. The second-order valence-electron chi connectivity index (χ2n) is 3.94. The molecule has 1 aromatic rings. The van der Waals surface area contributed by atoms with E-state index < -0.39 is 0 Å². The normalized spacial score (nSPS) is 25.3. The number of halogens is 1. The first kappa shape index (κ1) is 11.9. The van der Waals surface area contributed by atoms with Gasteiger partial charge in [0, 0.05) is 5.92 Å². The Balaban J connectivity index is 1.92. The predicted octanol–water partition coefficient (Wildman–Crippen LogP) is 1.30. The topological polar surface area (TPSA) is 52.1 Å². The van der Waals surface area contributed by atoms with E-state index in [1.54, 1.807) is 0 Å². The third-order valence-electron chi connectivity index (χ3n) is 2.94. The Morgan fingerprint density at radius 1 is 1.44 bits per heavy atom. The molecule has 2 radical (unpaired) electrons. The highest BCUT2D eigenvalue weighted by atomic mass is 35.5. The summed E-state index contributed by atoms with van der Waals surface area (Å²) in [5.74, 6) is -0.0231. The van der Waals surface area contributed by atoms with Gasteiger partial charge in [0.05, 0.1) is 11.6 Å². The molecule has 7 heteroatoms. The molecule has 1 fully saturated rings. The van der Waals surface area contributed by atoms with Gasteiger partial charge in [-0.05, 0) is 37.2 Å². The van der Waals surface area contributed by atoms with Crippen molar-refractivity contribution in [3.05, 3.63) is 5.01 Å². The molecule has 1 saturated carbocycles. The van der Waals surface area contributed by atoms with Crippen LogP contribution in [0.25, 0.3) is 0 Å². The van der Waals surface area contributed by atoms with E-state index >= 15 is 0 Å². The molecule has 0 spiro atoms. The number of hydrogen-bond acceptors (Lipinski definition) is 5. The zero-order valence-corrected chi connectivity index (χ0v) is 10.1. The van der Waals surface area contributed by atoms with E-state index in [0.717, 1.165) is 30.7 Å². The monoisotopic (exact) mass is 256 g/mol. The van der Waals surface area contributed by atoms with Crippen molar-refractivity contribution < 1.29 is 9.08 Å². The second kappa shape index (κ2) is 5.14. The minimum absolute atomic E-state index is 0.0704. The summed E-state index contributed by atoms with van der Waals surface area (Å²) in [4.78, 5) is 15.4. The molecule has 0 aliphatic heterocycles. The summed E-state index contributed by atoms with van der Waals surface area (Å²) in [5.41, 5.74) is 0.335. The van der Waals surface area contributed by atoms with Crippen LogP contribution in [0.15, 0.2) is 0 Å². The van der Waals surface area contributed by atoms with Crippen LogP contribution in [0.1, 0.15) is 36.6 Å². The minimum Gasteiger partial charge on any atom is -0.347 e. The van der Waals surface area contributed by atoms with E-state index in [0.29, 0.717) is 11.6 Å². The Hall–Kier alpha value is -0.615. The summed E-state index contributed by atoms with van der Waals surface area (Å²) >= 11 is 6.40. The van der Waals surface area contributed by atoms with Crippen molar-refractivity contribution in [1.82, 2.24) is 9.36 Å².